The van der Waals surface area contributed by atoms with Crippen LogP contribution in [-0.2, 0) is 0 Å². The van der Waals surface area contributed by atoms with Gasteiger partial charge in [0, 0.05) is 32.2 Å². The van der Waals surface area contributed by atoms with E-state index in [1.54, 1.807) is 17.0 Å². The molecule has 1 aromatic rings. The highest BCUT2D eigenvalue weighted by molar-refractivity contribution is 5.97. The maximum Gasteiger partial charge on any atom is 0.260 e. The summed E-state index contributed by atoms with van der Waals surface area (Å²) in [5, 5.41) is 9.61. The number of nitrogens with zero attached hydrogens (tertiary/aromatic N) is 2. The topological polar surface area (TPSA) is 53.0 Å². The van der Waals surface area contributed by atoms with Gasteiger partial charge in [-0.3, -0.25) is 4.79 Å². The number of rotatable bonds is 3. The van der Waals surface area contributed by atoms with Gasteiger partial charge in [-0.2, -0.15) is 0 Å². The normalized spacial score (nSPS) is 21.0. The van der Waals surface area contributed by atoms with Crippen LogP contribution in [0, 0.1) is 5.82 Å². The molecule has 0 aliphatic carbocycles. The SMILES string of the molecule is COc1cccc(F)c1C(=O)N1CCC(N2CCC(O)CC2)CC1. The zero-order chi connectivity index (χ0) is 17.1. The maximum atomic E-state index is 14.1. The monoisotopic (exact) mass is 336 g/mol. The summed E-state index contributed by atoms with van der Waals surface area (Å²) in [5.74, 6) is -0.545. The maximum absolute atomic E-state index is 14.1. The number of ether oxygens (including phenoxy) is 1. The standard InChI is InChI=1S/C18H25FN2O3/c1-24-16-4-2-3-15(19)17(16)18(23)21-9-5-13(6-10-21)20-11-7-14(22)8-12-20/h2-4,13-14,22H,5-12H2,1H3. The lowest BCUT2D eigenvalue weighted by molar-refractivity contribution is 0.0354. The fourth-order valence-corrected chi connectivity index (χ4v) is 3.73. The number of likely N-dealkylation sites (tertiary alicyclic amines) is 2. The lowest BCUT2D eigenvalue weighted by atomic mass is 9.98. The second-order valence-electron chi connectivity index (χ2n) is 6.61. The molecule has 1 amide bonds. The fraction of sp³-hybridized carbons (Fsp3) is 0.611. The lowest BCUT2D eigenvalue weighted by Gasteiger charge is -2.41. The molecule has 132 valence electrons. The van der Waals surface area contributed by atoms with Crippen molar-refractivity contribution >= 4 is 5.91 Å². The summed E-state index contributed by atoms with van der Waals surface area (Å²) in [5.41, 5.74) is 0.0274. The average molecular weight is 336 g/mol. The molecule has 3 rings (SSSR count). The number of carbonyl (C=O) groups is 1. The van der Waals surface area contributed by atoms with Gasteiger partial charge in [-0.15, -0.1) is 0 Å². The Labute approximate surface area is 142 Å². The summed E-state index contributed by atoms with van der Waals surface area (Å²) in [6.45, 7) is 3.09. The Morgan fingerprint density at radius 3 is 2.46 bits per heavy atom. The number of benzene rings is 1. The summed E-state index contributed by atoms with van der Waals surface area (Å²) in [7, 11) is 1.45. The predicted octanol–water partition coefficient (Wildman–Crippen LogP) is 1.90. The first-order valence-corrected chi connectivity index (χ1v) is 8.64. The summed E-state index contributed by atoms with van der Waals surface area (Å²) in [6, 6.07) is 4.90. The Morgan fingerprint density at radius 1 is 1.17 bits per heavy atom. The van der Waals surface area contributed by atoms with Crippen molar-refractivity contribution in [2.45, 2.75) is 37.8 Å². The van der Waals surface area contributed by atoms with Gasteiger partial charge in [0.05, 0.1) is 13.2 Å². The molecular formula is C18H25FN2O3. The lowest BCUT2D eigenvalue weighted by Crippen LogP contribution is -2.49. The Kier molecular flexibility index (Phi) is 5.36. The van der Waals surface area contributed by atoms with Gasteiger partial charge < -0.3 is 19.6 Å². The molecule has 1 aromatic carbocycles. The number of aliphatic hydroxyl groups excluding tert-OH is 1. The van der Waals surface area contributed by atoms with Gasteiger partial charge in [-0.1, -0.05) is 6.07 Å². The van der Waals surface area contributed by atoms with Crippen LogP contribution >= 0.6 is 0 Å². The van der Waals surface area contributed by atoms with Crippen LogP contribution in [0.25, 0.3) is 0 Å². The number of aliphatic hydroxyl groups is 1. The van der Waals surface area contributed by atoms with Gasteiger partial charge in [0.25, 0.3) is 5.91 Å². The fourth-order valence-electron chi connectivity index (χ4n) is 3.73. The Morgan fingerprint density at radius 2 is 1.83 bits per heavy atom. The molecule has 2 aliphatic rings. The minimum atomic E-state index is -0.536. The third-order valence-electron chi connectivity index (χ3n) is 5.18. The van der Waals surface area contributed by atoms with Gasteiger partial charge in [0.1, 0.15) is 17.1 Å². The van der Waals surface area contributed by atoms with Crippen molar-refractivity contribution in [1.82, 2.24) is 9.80 Å². The predicted molar refractivity (Wildman–Crippen MR) is 88.7 cm³/mol. The van der Waals surface area contributed by atoms with Crippen LogP contribution < -0.4 is 4.74 Å². The molecule has 6 heteroatoms. The minimum absolute atomic E-state index is 0.0274. The molecule has 1 N–H and O–H groups in total. The van der Waals surface area contributed by atoms with Crippen molar-refractivity contribution in [2.75, 3.05) is 33.3 Å². The van der Waals surface area contributed by atoms with Crippen molar-refractivity contribution in [3.8, 4) is 5.75 Å². The van der Waals surface area contributed by atoms with E-state index in [-0.39, 0.29) is 23.3 Å². The number of hydrogen-bond acceptors (Lipinski definition) is 4. The van der Waals surface area contributed by atoms with E-state index in [1.165, 1.54) is 13.2 Å². The molecule has 0 saturated carbocycles. The third-order valence-corrected chi connectivity index (χ3v) is 5.18. The van der Waals surface area contributed by atoms with E-state index in [2.05, 4.69) is 4.90 Å². The van der Waals surface area contributed by atoms with E-state index in [1.807, 2.05) is 0 Å². The highest BCUT2D eigenvalue weighted by Gasteiger charge is 2.31. The van der Waals surface area contributed by atoms with Crippen molar-refractivity contribution in [1.29, 1.82) is 0 Å². The molecule has 2 saturated heterocycles. The Balaban J connectivity index is 1.62. The number of halogens is 1. The number of piperidine rings is 2. The van der Waals surface area contributed by atoms with Crippen molar-refractivity contribution in [3.63, 3.8) is 0 Å². The smallest absolute Gasteiger partial charge is 0.260 e. The van der Waals surface area contributed by atoms with Gasteiger partial charge in [0.15, 0.2) is 0 Å². The summed E-state index contributed by atoms with van der Waals surface area (Å²) < 4.78 is 19.2. The molecule has 0 aromatic heterocycles. The van der Waals surface area contributed by atoms with Gasteiger partial charge in [-0.05, 0) is 37.8 Å². The molecule has 2 fully saturated rings. The summed E-state index contributed by atoms with van der Waals surface area (Å²) >= 11 is 0. The van der Waals surface area contributed by atoms with Crippen LogP contribution in [0.3, 0.4) is 0 Å². The summed E-state index contributed by atoms with van der Waals surface area (Å²) in [4.78, 5) is 16.8. The van der Waals surface area contributed by atoms with Gasteiger partial charge in [0.2, 0.25) is 0 Å². The number of methoxy groups -OCH3 is 1. The van der Waals surface area contributed by atoms with E-state index >= 15 is 0 Å². The first-order valence-electron chi connectivity index (χ1n) is 8.64. The van der Waals surface area contributed by atoms with Crippen LogP contribution in [0.5, 0.6) is 5.75 Å². The van der Waals surface area contributed by atoms with Crippen LogP contribution in [0.15, 0.2) is 18.2 Å². The molecule has 24 heavy (non-hydrogen) atoms. The van der Waals surface area contributed by atoms with Crippen molar-refractivity contribution in [2.24, 2.45) is 0 Å². The van der Waals surface area contributed by atoms with E-state index in [9.17, 15) is 14.3 Å². The molecule has 2 heterocycles. The van der Waals surface area contributed by atoms with E-state index in [0.717, 1.165) is 38.8 Å². The molecule has 0 unspecified atom stereocenters. The molecule has 0 spiro atoms. The minimum Gasteiger partial charge on any atom is -0.496 e. The van der Waals surface area contributed by atoms with Crippen molar-refractivity contribution < 1.29 is 19.0 Å². The number of hydrogen-bond donors (Lipinski definition) is 1. The van der Waals surface area contributed by atoms with Gasteiger partial charge >= 0.3 is 0 Å². The molecule has 0 bridgehead atoms. The molecular weight excluding hydrogens is 311 g/mol. The Bertz CT molecular complexity index is 580. The molecule has 0 radical (unpaired) electrons. The largest absolute Gasteiger partial charge is 0.496 e. The molecule has 0 atom stereocenters. The first-order chi connectivity index (χ1) is 11.6. The average Bonchev–Trinajstić information content (AvgIpc) is 2.61. The third kappa shape index (κ3) is 3.54. The highest BCUT2D eigenvalue weighted by Crippen LogP contribution is 2.26. The van der Waals surface area contributed by atoms with E-state index < -0.39 is 5.82 Å². The number of amides is 1. The quantitative estimate of drug-likeness (QED) is 0.916. The zero-order valence-electron chi connectivity index (χ0n) is 14.1. The van der Waals surface area contributed by atoms with Crippen LogP contribution in [0.1, 0.15) is 36.0 Å². The van der Waals surface area contributed by atoms with Crippen LogP contribution in [0.2, 0.25) is 0 Å². The van der Waals surface area contributed by atoms with E-state index in [4.69, 9.17) is 4.74 Å². The highest BCUT2D eigenvalue weighted by atomic mass is 19.1. The number of carbonyl (C=O) groups excluding carboxylic acids is 1. The zero-order valence-corrected chi connectivity index (χ0v) is 14.1. The van der Waals surface area contributed by atoms with Crippen molar-refractivity contribution in [3.05, 3.63) is 29.6 Å². The second kappa shape index (κ2) is 7.49. The van der Waals surface area contributed by atoms with Gasteiger partial charge in [-0.25, -0.2) is 4.39 Å². The van der Waals surface area contributed by atoms with Crippen LogP contribution in [-0.4, -0.2) is 66.2 Å². The van der Waals surface area contributed by atoms with Crippen LogP contribution in [0.4, 0.5) is 4.39 Å². The second-order valence-corrected chi connectivity index (χ2v) is 6.61. The Hall–Kier alpha value is -1.66. The summed E-state index contributed by atoms with van der Waals surface area (Å²) in [6.07, 6.45) is 3.25. The van der Waals surface area contributed by atoms with E-state index in [0.29, 0.717) is 19.1 Å². The first kappa shape index (κ1) is 17.2. The molecule has 5 nitrogen and oxygen atoms in total. The molecule has 2 aliphatic heterocycles.